The molecule has 0 aromatic carbocycles. The molecule has 8 heteroatoms. The summed E-state index contributed by atoms with van der Waals surface area (Å²) in [6.07, 6.45) is 3.07. The number of amides is 1. The number of carbonyl (C=O) groups is 1. The first-order valence-electron chi connectivity index (χ1n) is 7.77. The fourth-order valence-corrected chi connectivity index (χ4v) is 3.93. The van der Waals surface area contributed by atoms with Gasteiger partial charge < -0.3 is 9.73 Å². The molecule has 0 saturated heterocycles. The first-order valence-corrected chi connectivity index (χ1v) is 8.97. The normalized spacial score (nSPS) is 11.0. The van der Waals surface area contributed by atoms with Gasteiger partial charge in [-0.05, 0) is 43.7 Å². The molecule has 130 valence electrons. The molecule has 0 aliphatic carbocycles. The first kappa shape index (κ1) is 16.7. The molecule has 0 unspecified atom stereocenters. The van der Waals surface area contributed by atoms with Gasteiger partial charge in [0.05, 0.1) is 21.9 Å². The van der Waals surface area contributed by atoms with Crippen molar-refractivity contribution in [2.75, 3.05) is 5.32 Å². The van der Waals surface area contributed by atoms with E-state index in [1.807, 2.05) is 13.8 Å². The Balaban J connectivity index is 1.73. The van der Waals surface area contributed by atoms with Crippen LogP contribution in [0.3, 0.4) is 0 Å². The molecule has 4 aromatic heterocycles. The lowest BCUT2D eigenvalue weighted by Crippen LogP contribution is -2.12. The van der Waals surface area contributed by atoms with Gasteiger partial charge in [0.1, 0.15) is 10.6 Å². The molecule has 1 N–H and O–H groups in total. The lowest BCUT2D eigenvalue weighted by Gasteiger charge is -2.03. The number of halogens is 1. The van der Waals surface area contributed by atoms with E-state index in [9.17, 15) is 4.79 Å². The Labute approximate surface area is 157 Å². The van der Waals surface area contributed by atoms with Crippen molar-refractivity contribution in [1.29, 1.82) is 0 Å². The van der Waals surface area contributed by atoms with Crippen molar-refractivity contribution in [2.24, 2.45) is 0 Å². The minimum absolute atomic E-state index is 0.237. The largest absolute Gasteiger partial charge is 0.461 e. The highest BCUT2D eigenvalue weighted by atomic mass is 35.5. The molecule has 4 heterocycles. The number of anilines is 1. The number of nitrogens with one attached hydrogen (secondary N) is 1. The fourth-order valence-electron chi connectivity index (χ4n) is 2.69. The van der Waals surface area contributed by atoms with Gasteiger partial charge in [-0.1, -0.05) is 11.6 Å². The van der Waals surface area contributed by atoms with E-state index in [2.05, 4.69) is 20.3 Å². The van der Waals surface area contributed by atoms with Crippen molar-refractivity contribution in [1.82, 2.24) is 15.0 Å². The Kier molecular flexibility index (Phi) is 4.18. The summed E-state index contributed by atoms with van der Waals surface area (Å²) in [4.78, 5) is 27.2. The Morgan fingerprint density at radius 3 is 2.77 bits per heavy atom. The van der Waals surface area contributed by atoms with E-state index in [0.717, 1.165) is 21.5 Å². The third-order valence-electron chi connectivity index (χ3n) is 3.89. The standard InChI is InChI=1S/C18H13ClN4O2S/c1-9-14-10(2)21-16(12-4-3-7-25-12)23-18(14)26-15(9)17(24)22-13-6-5-11(19)8-20-13/h3-8H,1-2H3,(H,20,22,24). The summed E-state index contributed by atoms with van der Waals surface area (Å²) in [5, 5.41) is 4.18. The van der Waals surface area contributed by atoms with Crippen molar-refractivity contribution in [3.8, 4) is 11.6 Å². The Morgan fingerprint density at radius 1 is 1.23 bits per heavy atom. The summed E-state index contributed by atoms with van der Waals surface area (Å²) < 4.78 is 5.38. The predicted molar refractivity (Wildman–Crippen MR) is 102 cm³/mol. The molecule has 0 aliphatic rings. The molecule has 0 radical (unpaired) electrons. The van der Waals surface area contributed by atoms with E-state index in [-0.39, 0.29) is 5.91 Å². The molecule has 4 aromatic rings. The van der Waals surface area contributed by atoms with Gasteiger partial charge in [-0.25, -0.2) is 15.0 Å². The number of aryl methyl sites for hydroxylation is 2. The molecular formula is C18H13ClN4O2S. The average Bonchev–Trinajstić information content (AvgIpc) is 3.25. The third kappa shape index (κ3) is 2.95. The summed E-state index contributed by atoms with van der Waals surface area (Å²) in [5.41, 5.74) is 1.65. The summed E-state index contributed by atoms with van der Waals surface area (Å²) in [5.74, 6) is 1.31. The van der Waals surface area contributed by atoms with Crippen LogP contribution < -0.4 is 5.32 Å². The van der Waals surface area contributed by atoms with Gasteiger partial charge in [0, 0.05) is 11.6 Å². The molecule has 0 bridgehead atoms. The van der Waals surface area contributed by atoms with Gasteiger partial charge in [-0.15, -0.1) is 11.3 Å². The van der Waals surface area contributed by atoms with Crippen LogP contribution >= 0.6 is 22.9 Å². The van der Waals surface area contributed by atoms with Gasteiger partial charge in [0.2, 0.25) is 0 Å². The topological polar surface area (TPSA) is 80.9 Å². The molecule has 0 saturated carbocycles. The average molecular weight is 385 g/mol. The number of carbonyl (C=O) groups excluding carboxylic acids is 1. The van der Waals surface area contributed by atoms with Crippen molar-refractivity contribution in [2.45, 2.75) is 13.8 Å². The quantitative estimate of drug-likeness (QED) is 0.545. The number of rotatable bonds is 3. The predicted octanol–water partition coefficient (Wildman–Crippen LogP) is 4.87. The van der Waals surface area contributed by atoms with E-state index in [1.165, 1.54) is 17.5 Å². The highest BCUT2D eigenvalue weighted by Crippen LogP contribution is 2.33. The maximum Gasteiger partial charge on any atom is 0.267 e. The molecule has 6 nitrogen and oxygen atoms in total. The molecule has 0 fully saturated rings. The minimum atomic E-state index is -0.237. The van der Waals surface area contributed by atoms with E-state index < -0.39 is 0 Å². The SMILES string of the molecule is Cc1nc(-c2ccco2)nc2sc(C(=O)Nc3ccc(Cl)cn3)c(C)c12. The summed E-state index contributed by atoms with van der Waals surface area (Å²) in [6.45, 7) is 3.80. The van der Waals surface area contributed by atoms with E-state index >= 15 is 0 Å². The van der Waals surface area contributed by atoms with Crippen LogP contribution in [0.15, 0.2) is 41.1 Å². The van der Waals surface area contributed by atoms with Crippen LogP contribution in [-0.2, 0) is 0 Å². The monoisotopic (exact) mass is 384 g/mol. The fraction of sp³-hybridized carbons (Fsp3) is 0.111. The van der Waals surface area contributed by atoms with Gasteiger partial charge in [0.15, 0.2) is 11.6 Å². The van der Waals surface area contributed by atoms with Crippen LogP contribution in [0.5, 0.6) is 0 Å². The lowest BCUT2D eigenvalue weighted by molar-refractivity contribution is 0.102. The van der Waals surface area contributed by atoms with Crippen molar-refractivity contribution >= 4 is 44.9 Å². The Hall–Kier alpha value is -2.77. The smallest absolute Gasteiger partial charge is 0.267 e. The maximum absolute atomic E-state index is 12.7. The van der Waals surface area contributed by atoms with E-state index in [1.54, 1.807) is 30.5 Å². The second kappa shape index (κ2) is 6.51. The number of furan rings is 1. The molecule has 4 rings (SSSR count). The molecule has 1 amide bonds. The Bertz CT molecular complexity index is 1100. The highest BCUT2D eigenvalue weighted by Gasteiger charge is 2.20. The maximum atomic E-state index is 12.7. The van der Waals surface area contributed by atoms with Crippen LogP contribution in [0.1, 0.15) is 20.9 Å². The zero-order chi connectivity index (χ0) is 18.3. The van der Waals surface area contributed by atoms with Crippen LogP contribution in [0.25, 0.3) is 21.8 Å². The highest BCUT2D eigenvalue weighted by molar-refractivity contribution is 7.20. The van der Waals surface area contributed by atoms with E-state index in [0.29, 0.717) is 27.3 Å². The number of pyridine rings is 1. The molecule has 0 aliphatic heterocycles. The summed E-state index contributed by atoms with van der Waals surface area (Å²) in [7, 11) is 0. The van der Waals surface area contributed by atoms with Crippen molar-refractivity contribution in [3.63, 3.8) is 0 Å². The number of thiophene rings is 1. The van der Waals surface area contributed by atoms with Gasteiger partial charge >= 0.3 is 0 Å². The number of hydrogen-bond donors (Lipinski definition) is 1. The lowest BCUT2D eigenvalue weighted by atomic mass is 10.1. The summed E-state index contributed by atoms with van der Waals surface area (Å²) >= 11 is 7.14. The zero-order valence-corrected chi connectivity index (χ0v) is 15.5. The van der Waals surface area contributed by atoms with Crippen molar-refractivity contribution in [3.05, 3.63) is 57.9 Å². The molecular weight excluding hydrogens is 372 g/mol. The van der Waals surface area contributed by atoms with Crippen LogP contribution in [0.4, 0.5) is 5.82 Å². The van der Waals surface area contributed by atoms with Crippen LogP contribution in [-0.4, -0.2) is 20.9 Å². The number of hydrogen-bond acceptors (Lipinski definition) is 6. The van der Waals surface area contributed by atoms with Crippen LogP contribution in [0, 0.1) is 13.8 Å². The molecule has 0 spiro atoms. The number of nitrogens with zero attached hydrogens (tertiary/aromatic N) is 3. The molecule has 0 atom stereocenters. The van der Waals surface area contributed by atoms with Gasteiger partial charge in [-0.2, -0.15) is 0 Å². The summed E-state index contributed by atoms with van der Waals surface area (Å²) in [6, 6.07) is 6.92. The second-order valence-electron chi connectivity index (χ2n) is 5.66. The second-order valence-corrected chi connectivity index (χ2v) is 7.10. The minimum Gasteiger partial charge on any atom is -0.461 e. The van der Waals surface area contributed by atoms with Gasteiger partial charge in [0.25, 0.3) is 5.91 Å². The first-order chi connectivity index (χ1) is 12.5. The van der Waals surface area contributed by atoms with Gasteiger partial charge in [-0.3, -0.25) is 4.79 Å². The van der Waals surface area contributed by atoms with E-state index in [4.69, 9.17) is 16.0 Å². The number of aromatic nitrogens is 3. The molecule has 26 heavy (non-hydrogen) atoms. The zero-order valence-electron chi connectivity index (χ0n) is 13.9. The Morgan fingerprint density at radius 2 is 2.08 bits per heavy atom. The number of fused-ring (bicyclic) bond motifs is 1. The third-order valence-corrected chi connectivity index (χ3v) is 5.30. The van der Waals surface area contributed by atoms with Crippen LogP contribution in [0.2, 0.25) is 5.02 Å². The van der Waals surface area contributed by atoms with Crippen molar-refractivity contribution < 1.29 is 9.21 Å².